The summed E-state index contributed by atoms with van der Waals surface area (Å²) in [5.74, 6) is 0. The highest BCUT2D eigenvalue weighted by Crippen LogP contribution is 2.25. The maximum atomic E-state index is 10.4. The van der Waals surface area contributed by atoms with Crippen molar-refractivity contribution >= 4 is 57.0 Å². The largest absolute Gasteiger partial charge is 0.378 e. The third-order valence-electron chi connectivity index (χ3n) is 7.48. The number of hydrogen-bond donors (Lipinski definition) is 1. The van der Waals surface area contributed by atoms with Crippen LogP contribution in [0.5, 0.6) is 0 Å². The fraction of sp³-hybridized carbons (Fsp3) is 0.394. The molecule has 1 unspecified atom stereocenters. The molecule has 2 aromatic carbocycles. The number of fused-ring (bicyclic) bond motifs is 2. The molecular weight excluding hydrogens is 700 g/mol. The third-order valence-corrected chi connectivity index (χ3v) is 8.42. The number of rotatable bonds is 11. The number of ether oxygens (including phenoxy) is 1. The van der Waals surface area contributed by atoms with Crippen LogP contribution in [0.15, 0.2) is 67.3 Å². The van der Waals surface area contributed by atoms with Crippen molar-refractivity contribution < 1.29 is 14.2 Å². The Balaban J connectivity index is 0.000000212. The molecule has 1 atom stereocenters. The van der Waals surface area contributed by atoms with E-state index in [1.54, 1.807) is 13.2 Å². The number of nitrogens with zero attached hydrogens (tertiary/aromatic N) is 6. The van der Waals surface area contributed by atoms with Gasteiger partial charge in [0.25, 0.3) is 0 Å². The molecule has 0 aliphatic carbocycles. The Morgan fingerprint density at radius 2 is 1.84 bits per heavy atom. The maximum absolute atomic E-state index is 10.4. The fourth-order valence-electron chi connectivity index (χ4n) is 5.09. The lowest BCUT2D eigenvalue weighted by atomic mass is 10.1. The van der Waals surface area contributed by atoms with Gasteiger partial charge in [0.15, 0.2) is 5.65 Å². The van der Waals surface area contributed by atoms with Crippen molar-refractivity contribution in [1.82, 2.24) is 29.6 Å². The Bertz CT molecular complexity index is 1600. The van der Waals surface area contributed by atoms with Crippen LogP contribution in [0.2, 0.25) is 0 Å². The van der Waals surface area contributed by atoms with Crippen LogP contribution in [0.25, 0.3) is 27.8 Å². The van der Waals surface area contributed by atoms with E-state index in [0.29, 0.717) is 12.9 Å². The van der Waals surface area contributed by atoms with Gasteiger partial charge in [0.1, 0.15) is 12.7 Å². The van der Waals surface area contributed by atoms with E-state index in [1.165, 1.54) is 11.3 Å². The second kappa shape index (κ2) is 18.9. The molecule has 6 rings (SSSR count). The number of halogens is 1. The average Bonchev–Trinajstić information content (AvgIpc) is 3.72. The molecule has 1 aliphatic rings. The molecule has 4 heterocycles. The highest BCUT2D eigenvalue weighted by Gasteiger charge is 2.11. The molecule has 0 saturated carbocycles. The van der Waals surface area contributed by atoms with Crippen molar-refractivity contribution in [3.8, 4) is 11.3 Å². The normalized spacial score (nSPS) is 13.1. The maximum Gasteiger partial charge on any atom is 0.158 e. The van der Waals surface area contributed by atoms with E-state index in [1.807, 2.05) is 29.9 Å². The number of anilines is 1. The average molecular weight is 744 g/mol. The molecular formula is C33H43IN7O3P. The van der Waals surface area contributed by atoms with Crippen molar-refractivity contribution in [3.05, 3.63) is 78.5 Å². The van der Waals surface area contributed by atoms with Gasteiger partial charge < -0.3 is 18.8 Å². The van der Waals surface area contributed by atoms with Crippen LogP contribution in [0.3, 0.4) is 0 Å². The first-order valence-corrected chi connectivity index (χ1v) is 19.3. The zero-order valence-electron chi connectivity index (χ0n) is 26.3. The monoisotopic (exact) mass is 743 g/mol. The van der Waals surface area contributed by atoms with Crippen molar-refractivity contribution in [2.24, 2.45) is 0 Å². The number of unbranched alkanes of at least 4 members (excludes halogenated alkanes) is 4. The van der Waals surface area contributed by atoms with Gasteiger partial charge in [-0.2, -0.15) is 5.10 Å². The molecule has 0 spiro atoms. The molecule has 1 N–H and O–H groups in total. The van der Waals surface area contributed by atoms with E-state index in [0.717, 1.165) is 98.3 Å². The van der Waals surface area contributed by atoms with Gasteiger partial charge in [-0.1, -0.05) is 42.7 Å². The topological polar surface area (TPSA) is 98.8 Å². The van der Waals surface area contributed by atoms with Crippen molar-refractivity contribution in [2.45, 2.75) is 52.5 Å². The van der Waals surface area contributed by atoms with Crippen LogP contribution in [0.1, 0.15) is 43.4 Å². The van der Waals surface area contributed by atoms with Crippen LogP contribution in [-0.4, -0.2) is 63.8 Å². The molecule has 1 saturated heterocycles. The van der Waals surface area contributed by atoms with E-state index in [2.05, 4.69) is 101 Å². The van der Waals surface area contributed by atoms with Crippen molar-refractivity contribution in [1.29, 1.82) is 0 Å². The summed E-state index contributed by atoms with van der Waals surface area (Å²) in [6, 6.07) is 15.0. The van der Waals surface area contributed by atoms with E-state index in [-0.39, 0.29) is 0 Å². The number of nitrogens with one attached hydrogen (secondary N) is 1. The minimum atomic E-state index is 0.517. The predicted molar refractivity (Wildman–Crippen MR) is 192 cm³/mol. The van der Waals surface area contributed by atoms with Gasteiger partial charge in [-0.05, 0) is 66.9 Å². The van der Waals surface area contributed by atoms with Gasteiger partial charge in [-0.25, -0.2) is 15.4 Å². The SMILES string of the molecule is CNOPI.Cc1ccc(N2CCOCC2)cc1.Cc1nc(-c2ccc3cnn(CCCCCCC=O)c3c2)cn2ccnc12. The highest BCUT2D eigenvalue weighted by atomic mass is 127. The van der Waals surface area contributed by atoms with Gasteiger partial charge in [0.05, 0.1) is 36.3 Å². The number of aromatic nitrogens is 5. The highest BCUT2D eigenvalue weighted by molar-refractivity contribution is 14.2. The molecule has 0 amide bonds. The van der Waals surface area contributed by atoms with E-state index in [9.17, 15) is 4.79 Å². The first-order chi connectivity index (χ1) is 22.0. The minimum Gasteiger partial charge on any atom is -0.378 e. The predicted octanol–water partition coefficient (Wildman–Crippen LogP) is 7.12. The van der Waals surface area contributed by atoms with Gasteiger partial charge >= 0.3 is 0 Å². The lowest BCUT2D eigenvalue weighted by Gasteiger charge is -2.28. The van der Waals surface area contributed by atoms with Crippen LogP contribution in [0.4, 0.5) is 5.69 Å². The van der Waals surface area contributed by atoms with E-state index in [4.69, 9.17) is 9.72 Å². The summed E-state index contributed by atoms with van der Waals surface area (Å²) >= 11 is 2.13. The molecule has 1 fully saturated rings. The Morgan fingerprint density at radius 1 is 1.07 bits per heavy atom. The zero-order valence-corrected chi connectivity index (χ0v) is 29.4. The molecule has 3 aromatic heterocycles. The number of benzene rings is 2. The first-order valence-electron chi connectivity index (χ1n) is 15.3. The number of hydroxylamine groups is 1. The number of aryl methyl sites for hydroxylation is 3. The van der Waals surface area contributed by atoms with Gasteiger partial charge in [0, 0.05) is 68.3 Å². The Kier molecular flexibility index (Phi) is 14.6. The van der Waals surface area contributed by atoms with Crippen molar-refractivity contribution in [3.63, 3.8) is 0 Å². The van der Waals surface area contributed by atoms with Crippen LogP contribution < -0.4 is 10.4 Å². The van der Waals surface area contributed by atoms with Crippen LogP contribution in [0, 0.1) is 13.8 Å². The molecule has 0 radical (unpaired) electrons. The van der Waals surface area contributed by atoms with Gasteiger partial charge in [-0.3, -0.25) is 9.31 Å². The summed E-state index contributed by atoms with van der Waals surface area (Å²) in [6.07, 6.45) is 13.6. The number of morpholine rings is 1. The molecule has 0 bridgehead atoms. The van der Waals surface area contributed by atoms with Crippen LogP contribution >= 0.6 is 28.5 Å². The van der Waals surface area contributed by atoms with Gasteiger partial charge in [0.2, 0.25) is 0 Å². The number of carbonyl (C=O) groups excluding carboxylic acids is 1. The summed E-state index contributed by atoms with van der Waals surface area (Å²) in [7, 11) is 1.74. The lowest BCUT2D eigenvalue weighted by Crippen LogP contribution is -2.36. The summed E-state index contributed by atoms with van der Waals surface area (Å²) in [5, 5.41) is 5.69. The number of aldehydes is 1. The molecule has 12 heteroatoms. The summed E-state index contributed by atoms with van der Waals surface area (Å²) in [6.45, 7) is 9.25. The number of hydrogen-bond acceptors (Lipinski definition) is 8. The smallest absolute Gasteiger partial charge is 0.158 e. The summed E-state index contributed by atoms with van der Waals surface area (Å²) < 4.78 is 14.0. The van der Waals surface area contributed by atoms with E-state index < -0.39 is 0 Å². The lowest BCUT2D eigenvalue weighted by molar-refractivity contribution is -0.107. The second-order valence-electron chi connectivity index (χ2n) is 10.7. The Morgan fingerprint density at radius 3 is 2.56 bits per heavy atom. The van der Waals surface area contributed by atoms with E-state index >= 15 is 0 Å². The zero-order chi connectivity index (χ0) is 31.9. The molecule has 240 valence electrons. The fourth-order valence-corrected chi connectivity index (χ4v) is 5.83. The standard InChI is InChI=1S/C21H23N5O.C11H15NO.CH5INOP/c1-16-21-22-9-11-25(21)15-19(24-16)17-7-8-18-14-23-26(20(18)13-17)10-5-3-2-4-6-12-27;1-10-2-4-11(5-3-10)12-6-8-13-9-7-12;1-3-4-5-2/h7-9,11-15H,2-6,10H2,1H3;2-5H,6-9H2,1H3;3,5H,1H3. The summed E-state index contributed by atoms with van der Waals surface area (Å²) in [4.78, 5) is 21.8. The first kappa shape index (κ1) is 34.9. The Labute approximate surface area is 280 Å². The minimum absolute atomic E-state index is 0.517. The van der Waals surface area contributed by atoms with Gasteiger partial charge in [-0.15, -0.1) is 0 Å². The van der Waals surface area contributed by atoms with Crippen LogP contribution in [-0.2, 0) is 20.7 Å². The molecule has 10 nitrogen and oxygen atoms in total. The number of imidazole rings is 1. The molecule has 1 aliphatic heterocycles. The quantitative estimate of drug-likeness (QED) is 0.0503. The second-order valence-corrected chi connectivity index (χ2v) is 12.4. The molecule has 45 heavy (non-hydrogen) atoms. The Hall–Kier alpha value is -2.96. The third kappa shape index (κ3) is 10.5. The molecule has 5 aromatic rings. The van der Waals surface area contributed by atoms with Crippen molar-refractivity contribution in [2.75, 3.05) is 38.3 Å². The number of carbonyl (C=O) groups is 1. The summed E-state index contributed by atoms with van der Waals surface area (Å²) in [5.41, 5.74) is 10.1.